The van der Waals surface area contributed by atoms with Gasteiger partial charge in [-0.1, -0.05) is 6.07 Å². The summed E-state index contributed by atoms with van der Waals surface area (Å²) in [4.78, 5) is 18.8. The smallest absolute Gasteiger partial charge is 0.174 e. The van der Waals surface area contributed by atoms with E-state index in [2.05, 4.69) is 6.07 Å². The number of ketones is 1. The van der Waals surface area contributed by atoms with Gasteiger partial charge in [-0.05, 0) is 30.9 Å². The number of nitrogens with zero attached hydrogens (tertiary/aromatic N) is 1. The Balaban J connectivity index is 1.81. The first-order valence-electron chi connectivity index (χ1n) is 8.35. The maximum absolute atomic E-state index is 12.8. The average Bonchev–Trinajstić information content (AvgIpc) is 2.97. The summed E-state index contributed by atoms with van der Waals surface area (Å²) in [6.45, 7) is 1.41. The van der Waals surface area contributed by atoms with Gasteiger partial charge in [-0.15, -0.1) is 0 Å². The van der Waals surface area contributed by atoms with Crippen molar-refractivity contribution in [2.24, 2.45) is 5.41 Å². The molecule has 1 aromatic carbocycles. The Bertz CT molecular complexity index is 717. The van der Waals surface area contributed by atoms with Crippen LogP contribution in [-0.4, -0.2) is 44.3 Å². The van der Waals surface area contributed by atoms with E-state index in [1.807, 2.05) is 18.2 Å². The van der Waals surface area contributed by atoms with Crippen LogP contribution in [0, 0.1) is 5.41 Å². The first-order chi connectivity index (χ1) is 11.1. The van der Waals surface area contributed by atoms with Gasteiger partial charge in [0.05, 0.1) is 19.1 Å². The highest BCUT2D eigenvalue weighted by molar-refractivity contribution is 5.92. The van der Waals surface area contributed by atoms with Gasteiger partial charge >= 0.3 is 0 Å². The van der Waals surface area contributed by atoms with Crippen LogP contribution in [0.1, 0.15) is 30.4 Å². The van der Waals surface area contributed by atoms with Gasteiger partial charge in [0.2, 0.25) is 0 Å². The second-order valence-electron chi connectivity index (χ2n) is 7.40. The second kappa shape index (κ2) is 4.28. The average molecular weight is 315 g/mol. The van der Waals surface area contributed by atoms with E-state index in [-0.39, 0.29) is 22.7 Å². The molecule has 4 aliphatic rings. The van der Waals surface area contributed by atoms with Gasteiger partial charge in [0.25, 0.3) is 0 Å². The molecule has 122 valence electrons. The molecule has 3 atom stereocenters. The number of ether oxygens (including phenoxy) is 2. The van der Waals surface area contributed by atoms with E-state index >= 15 is 0 Å². The first-order valence-corrected chi connectivity index (χ1v) is 8.35. The van der Waals surface area contributed by atoms with E-state index in [0.717, 1.165) is 37.3 Å². The summed E-state index contributed by atoms with van der Waals surface area (Å²) in [6, 6.07) is 4.13. The van der Waals surface area contributed by atoms with E-state index < -0.39 is 0 Å². The molecule has 2 aliphatic carbocycles. The lowest BCUT2D eigenvalue weighted by molar-refractivity contribution is -0.158. The Hall–Kier alpha value is -1.59. The van der Waals surface area contributed by atoms with E-state index in [1.165, 1.54) is 11.1 Å². The summed E-state index contributed by atoms with van der Waals surface area (Å²) in [5.41, 5.74) is 2.17. The molecule has 1 aromatic rings. The SMILES string of the molecule is COc1ccc2c3c1O[C@H]1C(=O)C[C@@]4(CC2)CON(C)CC[C@]314. The minimum atomic E-state index is -0.372. The molecule has 2 fully saturated rings. The van der Waals surface area contributed by atoms with Crippen LogP contribution in [0.5, 0.6) is 11.5 Å². The van der Waals surface area contributed by atoms with Crippen LogP contribution >= 0.6 is 0 Å². The molecule has 5 nitrogen and oxygen atoms in total. The Morgan fingerprint density at radius 2 is 2.22 bits per heavy atom. The molecule has 0 unspecified atom stereocenters. The number of Topliss-reactive ketones (excluding diaryl/α,β-unsaturated/α-hetero) is 1. The van der Waals surface area contributed by atoms with Crippen molar-refractivity contribution in [3.63, 3.8) is 0 Å². The predicted octanol–water partition coefficient (Wildman–Crippen LogP) is 1.87. The number of benzene rings is 1. The van der Waals surface area contributed by atoms with Crippen molar-refractivity contribution in [3.8, 4) is 11.5 Å². The highest BCUT2D eigenvalue weighted by atomic mass is 16.7. The zero-order chi connectivity index (χ0) is 15.8. The number of hydrogen-bond donors (Lipinski definition) is 0. The Morgan fingerprint density at radius 3 is 3.04 bits per heavy atom. The van der Waals surface area contributed by atoms with Gasteiger partial charge in [-0.25, -0.2) is 0 Å². The van der Waals surface area contributed by atoms with Gasteiger partial charge in [0.1, 0.15) is 0 Å². The molecule has 0 radical (unpaired) electrons. The zero-order valence-electron chi connectivity index (χ0n) is 13.6. The maximum Gasteiger partial charge on any atom is 0.174 e. The molecule has 5 heteroatoms. The number of hydrogen-bond acceptors (Lipinski definition) is 5. The lowest BCUT2D eigenvalue weighted by Gasteiger charge is -2.46. The molecule has 1 spiro atoms. The quantitative estimate of drug-likeness (QED) is 0.792. The van der Waals surface area contributed by atoms with Crippen molar-refractivity contribution in [1.29, 1.82) is 0 Å². The summed E-state index contributed by atoms with van der Waals surface area (Å²) >= 11 is 0. The second-order valence-corrected chi connectivity index (χ2v) is 7.40. The van der Waals surface area contributed by atoms with Gasteiger partial charge in [-0.3, -0.25) is 9.63 Å². The highest BCUT2D eigenvalue weighted by Gasteiger charge is 2.71. The molecule has 1 saturated heterocycles. The summed E-state index contributed by atoms with van der Waals surface area (Å²) < 4.78 is 11.8. The van der Waals surface area contributed by atoms with Gasteiger partial charge in [-0.2, -0.15) is 5.06 Å². The van der Waals surface area contributed by atoms with Crippen LogP contribution in [0.3, 0.4) is 0 Å². The van der Waals surface area contributed by atoms with Crippen LogP contribution in [0.25, 0.3) is 0 Å². The molecule has 1 saturated carbocycles. The third kappa shape index (κ3) is 1.44. The topological polar surface area (TPSA) is 48.0 Å². The number of hydroxylamine groups is 2. The largest absolute Gasteiger partial charge is 0.493 e. The lowest BCUT2D eigenvalue weighted by atomic mass is 9.54. The van der Waals surface area contributed by atoms with Gasteiger partial charge in [0, 0.05) is 31.0 Å². The number of carbonyl (C=O) groups is 1. The molecule has 0 amide bonds. The van der Waals surface area contributed by atoms with E-state index in [0.29, 0.717) is 13.0 Å². The Kier molecular flexibility index (Phi) is 2.57. The van der Waals surface area contributed by atoms with Crippen LogP contribution in [0.15, 0.2) is 12.1 Å². The normalized spacial score (nSPS) is 37.8. The maximum atomic E-state index is 12.8. The fourth-order valence-electron chi connectivity index (χ4n) is 5.49. The minimum absolute atomic E-state index is 0.135. The van der Waals surface area contributed by atoms with Crippen molar-refractivity contribution in [3.05, 3.63) is 23.3 Å². The monoisotopic (exact) mass is 315 g/mol. The third-order valence-electron chi connectivity index (χ3n) is 6.56. The van der Waals surface area contributed by atoms with Crippen molar-refractivity contribution in [1.82, 2.24) is 5.06 Å². The summed E-state index contributed by atoms with van der Waals surface area (Å²) in [5.74, 6) is 1.77. The minimum Gasteiger partial charge on any atom is -0.493 e. The fraction of sp³-hybridized carbons (Fsp3) is 0.611. The first kappa shape index (κ1) is 13.8. The van der Waals surface area contributed by atoms with Gasteiger partial charge in [0.15, 0.2) is 23.4 Å². The van der Waals surface area contributed by atoms with E-state index in [1.54, 1.807) is 7.11 Å². The summed E-state index contributed by atoms with van der Waals surface area (Å²) in [5, 5.41) is 1.92. The van der Waals surface area contributed by atoms with Crippen LogP contribution in [0.4, 0.5) is 0 Å². The van der Waals surface area contributed by atoms with Crippen molar-refractivity contribution >= 4 is 5.78 Å². The summed E-state index contributed by atoms with van der Waals surface area (Å²) in [6.07, 6.45) is 3.06. The van der Waals surface area contributed by atoms with Crippen LogP contribution in [-0.2, 0) is 21.5 Å². The number of rotatable bonds is 1. The standard InChI is InChI=1S/C18H21NO4/c1-19-8-7-18-14-11-3-4-13(21-2)15(14)23-16(18)12(20)9-17(18,6-5-11)10-22-19/h3-4,16H,5-10H2,1-2H3/t16-,17-,18-/m0/s1. The molecular formula is C18H21NO4. The molecule has 2 heterocycles. The zero-order valence-corrected chi connectivity index (χ0v) is 13.6. The fourth-order valence-corrected chi connectivity index (χ4v) is 5.49. The summed E-state index contributed by atoms with van der Waals surface area (Å²) in [7, 11) is 3.64. The Morgan fingerprint density at radius 1 is 1.35 bits per heavy atom. The predicted molar refractivity (Wildman–Crippen MR) is 82.7 cm³/mol. The van der Waals surface area contributed by atoms with Crippen molar-refractivity contribution in [2.45, 2.75) is 37.2 Å². The van der Waals surface area contributed by atoms with E-state index in [4.69, 9.17) is 14.3 Å². The number of carbonyl (C=O) groups excluding carboxylic acids is 1. The molecule has 0 aromatic heterocycles. The van der Waals surface area contributed by atoms with Crippen LogP contribution in [0.2, 0.25) is 0 Å². The molecule has 23 heavy (non-hydrogen) atoms. The van der Waals surface area contributed by atoms with Gasteiger partial charge < -0.3 is 9.47 Å². The number of methoxy groups -OCH3 is 1. The number of aryl methyl sites for hydroxylation is 1. The van der Waals surface area contributed by atoms with Crippen molar-refractivity contribution < 1.29 is 19.1 Å². The third-order valence-corrected chi connectivity index (χ3v) is 6.56. The molecule has 0 N–H and O–H groups in total. The Labute approximate surface area is 135 Å². The van der Waals surface area contributed by atoms with E-state index in [9.17, 15) is 4.79 Å². The molecule has 5 rings (SSSR count). The highest BCUT2D eigenvalue weighted by Crippen LogP contribution is 2.68. The molecule has 0 bridgehead atoms. The molecule has 2 aliphatic heterocycles. The lowest BCUT2D eigenvalue weighted by Crippen LogP contribution is -2.51. The van der Waals surface area contributed by atoms with Crippen LogP contribution < -0.4 is 9.47 Å². The molecular weight excluding hydrogens is 294 g/mol. The van der Waals surface area contributed by atoms with Crippen molar-refractivity contribution in [2.75, 3.05) is 27.3 Å².